The maximum absolute atomic E-state index is 14.1. The highest BCUT2D eigenvalue weighted by atomic mass is 19.3. The number of nitrogens with zero attached hydrogens (tertiary/aromatic N) is 2. The van der Waals surface area contributed by atoms with Gasteiger partial charge < -0.3 is 4.74 Å². The van der Waals surface area contributed by atoms with Crippen molar-refractivity contribution in [2.45, 2.75) is 38.5 Å². The van der Waals surface area contributed by atoms with Crippen LogP contribution in [0.2, 0.25) is 0 Å². The molecule has 3 atom stereocenters. The van der Waals surface area contributed by atoms with Crippen LogP contribution in [0.4, 0.5) is 14.6 Å². The highest BCUT2D eigenvalue weighted by Gasteiger charge is 2.57. The Kier molecular flexibility index (Phi) is 3.55. The van der Waals surface area contributed by atoms with E-state index in [-0.39, 0.29) is 5.82 Å². The third-order valence-corrected chi connectivity index (χ3v) is 3.40. The molecule has 8 heteroatoms. The van der Waals surface area contributed by atoms with Crippen LogP contribution in [0.25, 0.3) is 0 Å². The van der Waals surface area contributed by atoms with Crippen molar-refractivity contribution < 1.29 is 18.7 Å². The predicted octanol–water partition coefficient (Wildman–Crippen LogP) is 1.62. The normalized spacial score (nSPS) is 29.4. The van der Waals surface area contributed by atoms with Crippen LogP contribution in [-0.2, 0) is 4.74 Å². The molecule has 106 valence electrons. The van der Waals surface area contributed by atoms with E-state index in [2.05, 4.69) is 4.98 Å². The molecule has 6 nitrogen and oxygen atoms in total. The van der Waals surface area contributed by atoms with Crippen molar-refractivity contribution in [1.29, 1.82) is 0 Å². The van der Waals surface area contributed by atoms with Crippen molar-refractivity contribution in [1.82, 2.24) is 9.55 Å². The number of aromatic nitrogens is 2. The minimum absolute atomic E-state index is 0.109. The van der Waals surface area contributed by atoms with Gasteiger partial charge in [-0.15, -0.1) is 0 Å². The fourth-order valence-electron chi connectivity index (χ4n) is 2.20. The molecule has 0 amide bonds. The molecule has 1 aliphatic rings. The summed E-state index contributed by atoms with van der Waals surface area (Å²) in [7, 11) is 0. The Bertz CT molecular complexity index is 520. The van der Waals surface area contributed by atoms with Crippen LogP contribution in [-0.4, -0.2) is 26.8 Å². The van der Waals surface area contributed by atoms with E-state index in [1.165, 1.54) is 13.0 Å². The Labute approximate surface area is 108 Å². The van der Waals surface area contributed by atoms with Gasteiger partial charge in [0, 0.05) is 6.20 Å². The molecule has 0 aromatic carbocycles. The van der Waals surface area contributed by atoms with Gasteiger partial charge in [-0.1, -0.05) is 13.8 Å². The smallest absolute Gasteiger partial charge is 0.348 e. The maximum atomic E-state index is 14.1. The summed E-state index contributed by atoms with van der Waals surface area (Å²) in [5.74, 6) is -4.24. The molecule has 1 aliphatic heterocycles. The summed E-state index contributed by atoms with van der Waals surface area (Å²) in [6.07, 6.45) is -0.717. The van der Waals surface area contributed by atoms with Gasteiger partial charge in [0.2, 0.25) is 6.23 Å². The molecule has 1 fully saturated rings. The standard InChI is InChI=1S/C11H15F2N3O3/c1-3-7-6(2)11(12,13)9(19-7)16-5-4-8(15-18)14-10(16)17/h4-7,9,18H,3H2,1-2H3,(H,14,15,17)/t6-,7+,9+/m0/s1. The molecule has 0 saturated carbocycles. The summed E-state index contributed by atoms with van der Waals surface area (Å²) < 4.78 is 34.2. The maximum Gasteiger partial charge on any atom is 0.351 e. The van der Waals surface area contributed by atoms with E-state index in [1.54, 1.807) is 12.4 Å². The first kappa shape index (κ1) is 13.9. The SMILES string of the molecule is CC[C@H]1O[C@@H](n2ccc(NO)nc2=O)C(F)(F)[C@H]1C. The molecular weight excluding hydrogens is 260 g/mol. The van der Waals surface area contributed by atoms with E-state index >= 15 is 0 Å². The zero-order valence-electron chi connectivity index (χ0n) is 10.5. The lowest BCUT2D eigenvalue weighted by Gasteiger charge is -2.21. The van der Waals surface area contributed by atoms with Gasteiger partial charge in [-0.25, -0.2) is 13.6 Å². The molecular formula is C11H15F2N3O3. The van der Waals surface area contributed by atoms with Gasteiger partial charge in [-0.3, -0.25) is 15.3 Å². The van der Waals surface area contributed by atoms with Crippen LogP contribution >= 0.6 is 0 Å². The summed E-state index contributed by atoms with van der Waals surface area (Å²) in [5.41, 5.74) is 0.773. The van der Waals surface area contributed by atoms with Crippen molar-refractivity contribution in [3.05, 3.63) is 22.7 Å². The number of halogens is 2. The number of hydrogen-bond donors (Lipinski definition) is 2. The highest BCUT2D eigenvalue weighted by Crippen LogP contribution is 2.46. The Morgan fingerprint density at radius 2 is 2.32 bits per heavy atom. The lowest BCUT2D eigenvalue weighted by Crippen LogP contribution is -2.37. The van der Waals surface area contributed by atoms with Crippen molar-refractivity contribution in [2.75, 3.05) is 5.48 Å². The van der Waals surface area contributed by atoms with Crippen LogP contribution in [0.1, 0.15) is 26.5 Å². The molecule has 19 heavy (non-hydrogen) atoms. The number of nitrogens with one attached hydrogen (secondary N) is 1. The van der Waals surface area contributed by atoms with Crippen LogP contribution in [0.5, 0.6) is 0 Å². The summed E-state index contributed by atoms with van der Waals surface area (Å²) in [6.45, 7) is 3.15. The van der Waals surface area contributed by atoms with E-state index in [1.807, 2.05) is 0 Å². The molecule has 0 aliphatic carbocycles. The second-order valence-electron chi connectivity index (χ2n) is 4.51. The van der Waals surface area contributed by atoms with E-state index in [0.717, 1.165) is 10.8 Å². The van der Waals surface area contributed by atoms with Crippen molar-refractivity contribution in [2.24, 2.45) is 5.92 Å². The topological polar surface area (TPSA) is 76.4 Å². The lowest BCUT2D eigenvalue weighted by atomic mass is 9.98. The summed E-state index contributed by atoms with van der Waals surface area (Å²) in [6, 6.07) is 1.21. The van der Waals surface area contributed by atoms with Gasteiger partial charge in [-0.2, -0.15) is 4.98 Å². The van der Waals surface area contributed by atoms with Crippen molar-refractivity contribution in [3.8, 4) is 0 Å². The first-order valence-corrected chi connectivity index (χ1v) is 5.94. The van der Waals surface area contributed by atoms with Gasteiger partial charge in [0.25, 0.3) is 5.92 Å². The summed E-state index contributed by atoms with van der Waals surface area (Å²) in [5, 5.41) is 8.60. The Morgan fingerprint density at radius 3 is 2.79 bits per heavy atom. The van der Waals surface area contributed by atoms with Gasteiger partial charge >= 0.3 is 5.69 Å². The number of rotatable bonds is 3. The van der Waals surface area contributed by atoms with Crippen LogP contribution in [0.15, 0.2) is 17.1 Å². The fraction of sp³-hybridized carbons (Fsp3) is 0.636. The second kappa shape index (κ2) is 4.86. The molecule has 0 unspecified atom stereocenters. The monoisotopic (exact) mass is 275 g/mol. The summed E-state index contributed by atoms with van der Waals surface area (Å²) in [4.78, 5) is 15.1. The van der Waals surface area contributed by atoms with Gasteiger partial charge in [0.05, 0.1) is 12.0 Å². The molecule has 0 bridgehead atoms. The predicted molar refractivity (Wildman–Crippen MR) is 62.2 cm³/mol. The Morgan fingerprint density at radius 1 is 1.63 bits per heavy atom. The van der Waals surface area contributed by atoms with Crippen LogP contribution in [0, 0.1) is 5.92 Å². The second-order valence-corrected chi connectivity index (χ2v) is 4.51. The molecule has 2 N–H and O–H groups in total. The molecule has 2 rings (SSSR count). The quantitative estimate of drug-likeness (QED) is 0.820. The highest BCUT2D eigenvalue weighted by molar-refractivity contribution is 5.28. The first-order valence-electron chi connectivity index (χ1n) is 5.94. The van der Waals surface area contributed by atoms with Crippen LogP contribution < -0.4 is 11.2 Å². The van der Waals surface area contributed by atoms with Gasteiger partial charge in [0.15, 0.2) is 5.82 Å². The molecule has 1 aromatic rings. The van der Waals surface area contributed by atoms with Gasteiger partial charge in [-0.05, 0) is 12.5 Å². The average Bonchev–Trinajstić information content (AvgIpc) is 2.61. The zero-order valence-corrected chi connectivity index (χ0v) is 10.5. The number of hydrogen-bond acceptors (Lipinski definition) is 5. The average molecular weight is 275 g/mol. The van der Waals surface area contributed by atoms with E-state index in [9.17, 15) is 13.6 Å². The van der Waals surface area contributed by atoms with E-state index < -0.39 is 29.9 Å². The molecule has 1 aromatic heterocycles. The molecule has 2 heterocycles. The number of anilines is 1. The molecule has 1 saturated heterocycles. The minimum Gasteiger partial charge on any atom is -0.348 e. The Hall–Kier alpha value is -1.54. The van der Waals surface area contributed by atoms with E-state index in [0.29, 0.717) is 6.42 Å². The third-order valence-electron chi connectivity index (χ3n) is 3.40. The van der Waals surface area contributed by atoms with Crippen LogP contribution in [0.3, 0.4) is 0 Å². The van der Waals surface area contributed by atoms with Gasteiger partial charge in [0.1, 0.15) is 0 Å². The van der Waals surface area contributed by atoms with E-state index in [4.69, 9.17) is 9.94 Å². The molecule has 0 spiro atoms. The van der Waals surface area contributed by atoms with Crippen molar-refractivity contribution >= 4 is 5.82 Å². The Balaban J connectivity index is 2.39. The minimum atomic E-state index is -3.15. The number of ether oxygens (including phenoxy) is 1. The molecule has 0 radical (unpaired) electrons. The number of alkyl halides is 2. The lowest BCUT2D eigenvalue weighted by molar-refractivity contribution is -0.125. The third kappa shape index (κ3) is 2.21. The largest absolute Gasteiger partial charge is 0.351 e. The fourth-order valence-corrected chi connectivity index (χ4v) is 2.20. The summed E-state index contributed by atoms with van der Waals surface area (Å²) >= 11 is 0. The van der Waals surface area contributed by atoms with Crippen molar-refractivity contribution in [3.63, 3.8) is 0 Å². The first-order chi connectivity index (χ1) is 8.91. The zero-order chi connectivity index (χ0) is 14.2.